The lowest BCUT2D eigenvalue weighted by Gasteiger charge is -2.47. The number of hydrogen-bond donors (Lipinski definition) is 1. The first-order valence-corrected chi connectivity index (χ1v) is 6.55. The molecule has 0 aliphatic carbocycles. The van der Waals surface area contributed by atoms with Crippen LogP contribution in [0.2, 0.25) is 0 Å². The van der Waals surface area contributed by atoms with E-state index in [9.17, 15) is 4.79 Å². The summed E-state index contributed by atoms with van der Waals surface area (Å²) in [6, 6.07) is 1.17. The number of aromatic nitrogens is 1. The number of ether oxygens (including phenoxy) is 2. The predicted octanol–water partition coefficient (Wildman–Crippen LogP) is 0.207. The summed E-state index contributed by atoms with van der Waals surface area (Å²) in [7, 11) is 3.24. The van der Waals surface area contributed by atoms with Crippen LogP contribution in [-0.4, -0.2) is 54.7 Å². The molecule has 2 N–H and O–H groups in total. The lowest BCUT2D eigenvalue weighted by Crippen LogP contribution is -2.65. The summed E-state index contributed by atoms with van der Waals surface area (Å²) in [4.78, 5) is 18.0. The number of carbonyl (C=O) groups excluding carboxylic acids is 1. The first-order valence-electron chi connectivity index (χ1n) is 6.55. The first-order chi connectivity index (χ1) is 9.49. The molecule has 1 atom stereocenters. The number of hydrogen-bond acceptors (Lipinski definition) is 5. The average Bonchev–Trinajstić information content (AvgIpc) is 2.43. The normalized spacial score (nSPS) is 18.3. The molecule has 110 valence electrons. The summed E-state index contributed by atoms with van der Waals surface area (Å²) in [6.45, 7) is 3.15. The molecule has 6 nitrogen and oxygen atoms in total. The molecule has 20 heavy (non-hydrogen) atoms. The van der Waals surface area contributed by atoms with Gasteiger partial charge in [-0.05, 0) is 13.0 Å². The van der Waals surface area contributed by atoms with Gasteiger partial charge in [-0.3, -0.25) is 9.78 Å². The van der Waals surface area contributed by atoms with Crippen LogP contribution in [0.25, 0.3) is 0 Å². The molecule has 1 fully saturated rings. The second-order valence-electron chi connectivity index (χ2n) is 5.35. The minimum absolute atomic E-state index is 0.0644. The zero-order chi connectivity index (χ0) is 14.8. The average molecular weight is 279 g/mol. The van der Waals surface area contributed by atoms with E-state index in [1.54, 1.807) is 37.6 Å². The fourth-order valence-corrected chi connectivity index (χ4v) is 2.37. The van der Waals surface area contributed by atoms with E-state index in [-0.39, 0.29) is 11.5 Å². The maximum Gasteiger partial charge on any atom is 0.240 e. The highest BCUT2D eigenvalue weighted by Gasteiger charge is 2.42. The Kier molecular flexibility index (Phi) is 4.25. The third-order valence-corrected chi connectivity index (χ3v) is 3.69. The van der Waals surface area contributed by atoms with Crippen molar-refractivity contribution in [2.24, 2.45) is 5.73 Å². The number of nitrogens with two attached hydrogens (primary N) is 1. The molecular weight excluding hydrogens is 258 g/mol. The lowest BCUT2D eigenvalue weighted by molar-refractivity contribution is -0.159. The Bertz CT molecular complexity index is 486. The molecule has 1 saturated heterocycles. The molecule has 1 aliphatic rings. The van der Waals surface area contributed by atoms with Gasteiger partial charge < -0.3 is 20.1 Å². The van der Waals surface area contributed by atoms with Crippen molar-refractivity contribution in [1.29, 1.82) is 0 Å². The summed E-state index contributed by atoms with van der Waals surface area (Å²) in [5, 5.41) is 0. The van der Waals surface area contributed by atoms with Crippen molar-refractivity contribution in [3.8, 4) is 5.75 Å². The van der Waals surface area contributed by atoms with Crippen molar-refractivity contribution in [2.75, 3.05) is 27.3 Å². The fraction of sp³-hybridized carbons (Fsp3) is 0.571. The highest BCUT2D eigenvalue weighted by molar-refractivity contribution is 5.83. The van der Waals surface area contributed by atoms with Gasteiger partial charge in [0.15, 0.2) is 0 Å². The van der Waals surface area contributed by atoms with Gasteiger partial charge in [-0.1, -0.05) is 0 Å². The van der Waals surface area contributed by atoms with Crippen molar-refractivity contribution in [1.82, 2.24) is 9.88 Å². The Morgan fingerprint density at radius 3 is 2.85 bits per heavy atom. The van der Waals surface area contributed by atoms with E-state index in [0.717, 1.165) is 5.56 Å². The molecule has 6 heteroatoms. The minimum Gasteiger partial charge on any atom is -0.496 e. The second-order valence-corrected chi connectivity index (χ2v) is 5.35. The third kappa shape index (κ3) is 2.91. The Labute approximate surface area is 118 Å². The maximum atomic E-state index is 12.2. The van der Waals surface area contributed by atoms with E-state index in [2.05, 4.69) is 4.98 Å². The maximum absolute atomic E-state index is 12.2. The minimum atomic E-state index is -0.588. The lowest BCUT2D eigenvalue weighted by atomic mass is 9.94. The van der Waals surface area contributed by atoms with Crippen LogP contribution in [0.5, 0.6) is 5.75 Å². The summed E-state index contributed by atoms with van der Waals surface area (Å²) >= 11 is 0. The van der Waals surface area contributed by atoms with Gasteiger partial charge in [-0.15, -0.1) is 0 Å². The molecule has 1 aliphatic heterocycles. The SMILES string of the molecule is COc1ccncc1CC(N)C(=O)N1CC(C)(OC)C1. The highest BCUT2D eigenvalue weighted by Crippen LogP contribution is 2.25. The van der Waals surface area contributed by atoms with Crippen molar-refractivity contribution >= 4 is 5.91 Å². The van der Waals surface area contributed by atoms with E-state index in [4.69, 9.17) is 15.2 Å². The molecule has 0 spiro atoms. The molecule has 1 amide bonds. The topological polar surface area (TPSA) is 77.7 Å². The quantitative estimate of drug-likeness (QED) is 0.833. The van der Waals surface area contributed by atoms with Crippen LogP contribution in [-0.2, 0) is 16.0 Å². The summed E-state index contributed by atoms with van der Waals surface area (Å²) < 4.78 is 10.6. The molecule has 0 bridgehead atoms. The van der Waals surface area contributed by atoms with Gasteiger partial charge in [-0.25, -0.2) is 0 Å². The van der Waals surface area contributed by atoms with Crippen molar-refractivity contribution < 1.29 is 14.3 Å². The van der Waals surface area contributed by atoms with Crippen molar-refractivity contribution in [3.63, 3.8) is 0 Å². The molecule has 2 rings (SSSR count). The molecule has 2 heterocycles. The zero-order valence-electron chi connectivity index (χ0n) is 12.1. The molecule has 1 aromatic rings. The largest absolute Gasteiger partial charge is 0.496 e. The Balaban J connectivity index is 1.95. The Morgan fingerprint density at radius 1 is 1.55 bits per heavy atom. The van der Waals surface area contributed by atoms with Gasteiger partial charge in [0.25, 0.3) is 0 Å². The van der Waals surface area contributed by atoms with Crippen LogP contribution in [0.4, 0.5) is 0 Å². The molecular formula is C14H21N3O3. The monoisotopic (exact) mass is 279 g/mol. The number of amides is 1. The summed E-state index contributed by atoms with van der Waals surface area (Å²) in [6.07, 6.45) is 3.74. The Hall–Kier alpha value is -1.66. The van der Waals surface area contributed by atoms with E-state index >= 15 is 0 Å². The van der Waals surface area contributed by atoms with E-state index in [0.29, 0.717) is 25.3 Å². The third-order valence-electron chi connectivity index (χ3n) is 3.69. The molecule has 0 saturated carbocycles. The van der Waals surface area contributed by atoms with Gasteiger partial charge in [0.1, 0.15) is 5.75 Å². The number of methoxy groups -OCH3 is 2. The highest BCUT2D eigenvalue weighted by atomic mass is 16.5. The standard InChI is InChI=1S/C14H21N3O3/c1-14(20-3)8-17(9-14)13(18)11(15)6-10-7-16-5-4-12(10)19-2/h4-5,7,11H,6,8-9,15H2,1-3H3. The van der Waals surface area contributed by atoms with Crippen LogP contribution in [0.3, 0.4) is 0 Å². The van der Waals surface area contributed by atoms with E-state index in [1.165, 1.54) is 0 Å². The van der Waals surface area contributed by atoms with Crippen LogP contribution >= 0.6 is 0 Å². The van der Waals surface area contributed by atoms with Gasteiger partial charge in [0.2, 0.25) is 5.91 Å². The predicted molar refractivity (Wildman–Crippen MR) is 74.5 cm³/mol. The van der Waals surface area contributed by atoms with Crippen molar-refractivity contribution in [2.45, 2.75) is 25.0 Å². The van der Waals surface area contributed by atoms with Gasteiger partial charge >= 0.3 is 0 Å². The number of likely N-dealkylation sites (tertiary alicyclic amines) is 1. The van der Waals surface area contributed by atoms with Crippen LogP contribution in [0.15, 0.2) is 18.5 Å². The van der Waals surface area contributed by atoms with Crippen LogP contribution in [0.1, 0.15) is 12.5 Å². The van der Waals surface area contributed by atoms with Gasteiger partial charge in [0, 0.05) is 31.5 Å². The summed E-state index contributed by atoms with van der Waals surface area (Å²) in [5.41, 5.74) is 6.60. The molecule has 1 unspecified atom stereocenters. The molecule has 1 aromatic heterocycles. The molecule has 0 aromatic carbocycles. The Morgan fingerprint density at radius 2 is 2.25 bits per heavy atom. The fourth-order valence-electron chi connectivity index (χ4n) is 2.37. The number of rotatable bonds is 5. The van der Waals surface area contributed by atoms with Crippen LogP contribution < -0.4 is 10.5 Å². The van der Waals surface area contributed by atoms with Crippen LogP contribution in [0, 0.1) is 0 Å². The number of pyridine rings is 1. The van der Waals surface area contributed by atoms with E-state index in [1.807, 2.05) is 6.92 Å². The second kappa shape index (κ2) is 5.76. The number of carbonyl (C=O) groups is 1. The number of nitrogens with zero attached hydrogens (tertiary/aromatic N) is 2. The summed E-state index contributed by atoms with van der Waals surface area (Å²) in [5.74, 6) is 0.638. The molecule has 0 radical (unpaired) electrons. The van der Waals surface area contributed by atoms with Gasteiger partial charge in [-0.2, -0.15) is 0 Å². The van der Waals surface area contributed by atoms with E-state index < -0.39 is 6.04 Å². The smallest absolute Gasteiger partial charge is 0.240 e. The zero-order valence-corrected chi connectivity index (χ0v) is 12.1. The first kappa shape index (κ1) is 14.7. The van der Waals surface area contributed by atoms with Crippen molar-refractivity contribution in [3.05, 3.63) is 24.0 Å². The van der Waals surface area contributed by atoms with Gasteiger partial charge in [0.05, 0.1) is 31.8 Å².